The molecule has 0 bridgehead atoms. The molecule has 0 radical (unpaired) electrons. The van der Waals surface area contributed by atoms with Crippen molar-refractivity contribution in [2.24, 2.45) is 0 Å². The van der Waals surface area contributed by atoms with Crippen molar-refractivity contribution in [3.05, 3.63) is 36.7 Å². The van der Waals surface area contributed by atoms with Crippen molar-refractivity contribution in [3.63, 3.8) is 0 Å². The Morgan fingerprint density at radius 2 is 1.92 bits per heavy atom. The van der Waals surface area contributed by atoms with Gasteiger partial charge in [-0.3, -0.25) is 4.68 Å². The molecule has 1 unspecified atom stereocenters. The van der Waals surface area contributed by atoms with Crippen LogP contribution < -0.4 is 5.73 Å². The second-order valence-corrected chi connectivity index (χ2v) is 17.3. The van der Waals surface area contributed by atoms with Crippen LogP contribution in [-0.4, -0.2) is 45.6 Å². The van der Waals surface area contributed by atoms with Crippen molar-refractivity contribution < 1.29 is 9.16 Å². The average molecular weight is 533 g/mol. The summed E-state index contributed by atoms with van der Waals surface area (Å²) in [5, 5.41) is 11.8. The fourth-order valence-corrected chi connectivity index (χ4v) is 7.09. The number of nitrogens with zero attached hydrogens (tertiary/aromatic N) is 5. The van der Waals surface area contributed by atoms with Gasteiger partial charge in [0.2, 0.25) is 0 Å². The number of anilines is 1. The molecule has 3 aromatic heterocycles. The van der Waals surface area contributed by atoms with Gasteiger partial charge in [-0.05, 0) is 74.9 Å². The summed E-state index contributed by atoms with van der Waals surface area (Å²) in [4.78, 5) is 4.79. The van der Waals surface area contributed by atoms with E-state index in [1.54, 1.807) is 0 Å². The number of hydrogen-bond acceptors (Lipinski definition) is 6. The molecule has 2 N–H and O–H groups in total. The van der Waals surface area contributed by atoms with Crippen LogP contribution in [0.4, 0.5) is 5.82 Å². The highest BCUT2D eigenvalue weighted by molar-refractivity contribution is 6.74. The molecule has 6 rings (SSSR count). The van der Waals surface area contributed by atoms with E-state index >= 15 is 0 Å². The van der Waals surface area contributed by atoms with Gasteiger partial charge in [-0.2, -0.15) is 10.2 Å². The molecule has 4 aromatic rings. The maximum absolute atomic E-state index is 6.73. The summed E-state index contributed by atoms with van der Waals surface area (Å²) < 4.78 is 16.8. The van der Waals surface area contributed by atoms with Gasteiger partial charge in [0.1, 0.15) is 11.3 Å². The van der Waals surface area contributed by atoms with Crippen LogP contribution in [0.1, 0.15) is 71.6 Å². The van der Waals surface area contributed by atoms with Crippen molar-refractivity contribution >= 4 is 35.9 Å². The number of hydrogen-bond donors (Lipinski definition) is 1. The van der Waals surface area contributed by atoms with Crippen molar-refractivity contribution in [3.8, 4) is 11.3 Å². The van der Waals surface area contributed by atoms with Crippen LogP contribution in [0, 0.1) is 0 Å². The van der Waals surface area contributed by atoms with E-state index in [1.165, 1.54) is 0 Å². The lowest BCUT2D eigenvalue weighted by Crippen LogP contribution is -2.43. The van der Waals surface area contributed by atoms with E-state index < -0.39 is 8.32 Å². The van der Waals surface area contributed by atoms with Gasteiger partial charge in [0.15, 0.2) is 14.5 Å². The second-order valence-electron chi connectivity index (χ2n) is 12.5. The minimum atomic E-state index is -1.79. The number of aromatic nitrogens is 5. The van der Waals surface area contributed by atoms with Crippen molar-refractivity contribution in [1.29, 1.82) is 0 Å². The van der Waals surface area contributed by atoms with E-state index in [0.717, 1.165) is 78.2 Å². The zero-order chi connectivity index (χ0) is 26.7. The Labute approximate surface area is 225 Å². The molecule has 0 amide bonds. The number of ether oxygens (including phenoxy) is 1. The normalized spacial score (nSPS) is 23.0. The molecule has 2 aliphatic rings. The van der Waals surface area contributed by atoms with Gasteiger partial charge in [-0.1, -0.05) is 26.8 Å². The minimum Gasteiger partial charge on any atom is -0.414 e. The number of pyridine rings is 1. The summed E-state index contributed by atoms with van der Waals surface area (Å²) in [6.07, 6.45) is 10.6. The maximum atomic E-state index is 6.73. The molecule has 1 aliphatic heterocycles. The predicted octanol–water partition coefficient (Wildman–Crippen LogP) is 6.84. The summed E-state index contributed by atoms with van der Waals surface area (Å²) in [5.74, 6) is 0.520. The molecule has 202 valence electrons. The first kappa shape index (κ1) is 25.5. The summed E-state index contributed by atoms with van der Waals surface area (Å²) >= 11 is 0. The third-order valence-electron chi connectivity index (χ3n) is 8.89. The van der Waals surface area contributed by atoms with E-state index in [-0.39, 0.29) is 11.3 Å². The third kappa shape index (κ3) is 4.54. The monoisotopic (exact) mass is 532 g/mol. The SMILES string of the molecule is CC(C)(C)[Si](C)(C)O[C@@H]1CC[C@H](n2cc3c(N)nc4cc(-c5ccnn5C5CCCCO5)ccc4c3n2)C1. The first-order chi connectivity index (χ1) is 18.1. The van der Waals surface area contributed by atoms with E-state index in [0.29, 0.717) is 18.0 Å². The third-order valence-corrected chi connectivity index (χ3v) is 13.4. The van der Waals surface area contributed by atoms with Crippen LogP contribution in [0.5, 0.6) is 0 Å². The quantitative estimate of drug-likeness (QED) is 0.283. The lowest BCUT2D eigenvalue weighted by Gasteiger charge is -2.38. The predicted molar refractivity (Wildman–Crippen MR) is 154 cm³/mol. The molecular formula is C29H40N6O2Si. The summed E-state index contributed by atoms with van der Waals surface area (Å²) in [7, 11) is -1.79. The van der Waals surface area contributed by atoms with Gasteiger partial charge in [0.25, 0.3) is 0 Å². The van der Waals surface area contributed by atoms with Crippen molar-refractivity contribution in [1.82, 2.24) is 24.5 Å². The fourth-order valence-electron chi connectivity index (χ4n) is 5.69. The molecule has 38 heavy (non-hydrogen) atoms. The zero-order valence-corrected chi connectivity index (χ0v) is 24.3. The van der Waals surface area contributed by atoms with E-state index in [4.69, 9.17) is 25.0 Å². The lowest BCUT2D eigenvalue weighted by atomic mass is 10.1. The molecule has 1 saturated heterocycles. The van der Waals surface area contributed by atoms with Gasteiger partial charge in [-0.25, -0.2) is 9.67 Å². The van der Waals surface area contributed by atoms with Gasteiger partial charge in [-0.15, -0.1) is 0 Å². The Morgan fingerprint density at radius 1 is 1.08 bits per heavy atom. The first-order valence-electron chi connectivity index (χ1n) is 14.0. The average Bonchev–Trinajstić information content (AvgIpc) is 3.63. The van der Waals surface area contributed by atoms with Gasteiger partial charge >= 0.3 is 0 Å². The van der Waals surface area contributed by atoms with Crippen LogP contribution in [0.2, 0.25) is 18.1 Å². The molecule has 1 saturated carbocycles. The van der Waals surface area contributed by atoms with Crippen LogP contribution in [0.15, 0.2) is 36.7 Å². The van der Waals surface area contributed by atoms with Crippen LogP contribution in [0.25, 0.3) is 33.1 Å². The largest absolute Gasteiger partial charge is 0.414 e. The Balaban J connectivity index is 1.29. The molecule has 9 heteroatoms. The smallest absolute Gasteiger partial charge is 0.192 e. The molecule has 0 spiro atoms. The van der Waals surface area contributed by atoms with Crippen molar-refractivity contribution in [2.45, 2.75) is 95.8 Å². The molecule has 1 aliphatic carbocycles. The number of rotatable bonds is 5. The first-order valence-corrected chi connectivity index (χ1v) is 16.9. The fraction of sp³-hybridized carbons (Fsp3) is 0.552. The molecule has 1 aromatic carbocycles. The number of nitrogens with two attached hydrogens (primary N) is 1. The number of fused-ring (bicyclic) bond motifs is 3. The van der Waals surface area contributed by atoms with E-state index in [9.17, 15) is 0 Å². The Hall–Kier alpha value is -2.75. The van der Waals surface area contributed by atoms with Crippen LogP contribution in [0.3, 0.4) is 0 Å². The van der Waals surface area contributed by atoms with Gasteiger partial charge in [0.05, 0.1) is 22.6 Å². The Kier molecular flexibility index (Phi) is 6.36. The molecule has 3 atom stereocenters. The van der Waals surface area contributed by atoms with Gasteiger partial charge < -0.3 is 14.9 Å². The zero-order valence-electron chi connectivity index (χ0n) is 23.3. The molecular weight excluding hydrogens is 492 g/mol. The van der Waals surface area contributed by atoms with E-state index in [1.807, 2.05) is 16.9 Å². The lowest BCUT2D eigenvalue weighted by molar-refractivity contribution is -0.0383. The highest BCUT2D eigenvalue weighted by atomic mass is 28.4. The number of benzene rings is 1. The second kappa shape index (κ2) is 9.46. The minimum absolute atomic E-state index is 0.0171. The summed E-state index contributed by atoms with van der Waals surface area (Å²) in [6.45, 7) is 12.4. The van der Waals surface area contributed by atoms with Gasteiger partial charge in [0, 0.05) is 36.1 Å². The molecule has 4 heterocycles. The number of nitrogen functional groups attached to an aromatic ring is 1. The summed E-state index contributed by atoms with van der Waals surface area (Å²) in [5.41, 5.74) is 10.3. The van der Waals surface area contributed by atoms with E-state index in [2.05, 4.69) is 68.0 Å². The standard InChI is InChI=1S/C29H40N6O2Si/c1-29(2,3)38(4,5)37-21-11-10-20(17-21)34-18-23-27(33-34)22-12-9-19(16-24(22)32-28(23)30)25-13-14-31-35(25)26-8-6-7-15-36-26/h9,12-14,16,18,20-21,26H,6-8,10-11,15,17H2,1-5H3,(H2,30,32)/t20-,21+,26?/m0/s1. The maximum Gasteiger partial charge on any atom is 0.192 e. The van der Waals surface area contributed by atoms with Crippen molar-refractivity contribution in [2.75, 3.05) is 12.3 Å². The highest BCUT2D eigenvalue weighted by Crippen LogP contribution is 2.42. The Morgan fingerprint density at radius 3 is 2.68 bits per heavy atom. The molecule has 2 fully saturated rings. The Bertz CT molecular complexity index is 1460. The summed E-state index contributed by atoms with van der Waals surface area (Å²) in [6, 6.07) is 8.70. The topological polar surface area (TPSA) is 93.0 Å². The van der Waals surface area contributed by atoms with Crippen LogP contribution >= 0.6 is 0 Å². The highest BCUT2D eigenvalue weighted by Gasteiger charge is 2.41. The molecule has 8 nitrogen and oxygen atoms in total. The van der Waals surface area contributed by atoms with Crippen LogP contribution in [-0.2, 0) is 9.16 Å².